The third-order valence-electron chi connectivity index (χ3n) is 4.33. The lowest BCUT2D eigenvalue weighted by Gasteiger charge is -2.15. The molecule has 0 aliphatic carbocycles. The maximum absolute atomic E-state index is 12.5. The van der Waals surface area contributed by atoms with Crippen molar-refractivity contribution >= 4 is 43.0 Å². The fourth-order valence-electron chi connectivity index (χ4n) is 2.69. The first-order valence-electron chi connectivity index (χ1n) is 9.06. The minimum absolute atomic E-state index is 0.0227. The third kappa shape index (κ3) is 5.31. The van der Waals surface area contributed by atoms with E-state index in [1.807, 2.05) is 0 Å². The number of hydrogen-bond acceptors (Lipinski definition) is 6. The summed E-state index contributed by atoms with van der Waals surface area (Å²) in [6.07, 6.45) is 0. The van der Waals surface area contributed by atoms with E-state index in [0.717, 1.165) is 15.6 Å². The molecule has 0 radical (unpaired) electrons. The van der Waals surface area contributed by atoms with Gasteiger partial charge < -0.3 is 5.32 Å². The lowest BCUT2D eigenvalue weighted by atomic mass is 10.2. The molecule has 0 spiro atoms. The second kappa shape index (κ2) is 9.18. The summed E-state index contributed by atoms with van der Waals surface area (Å²) in [5.41, 5.74) is 1.10. The summed E-state index contributed by atoms with van der Waals surface area (Å²) in [5.74, 6) is -0.412. The van der Waals surface area contributed by atoms with Crippen LogP contribution in [0.1, 0.15) is 15.9 Å². The molecule has 31 heavy (non-hydrogen) atoms. The van der Waals surface area contributed by atoms with Crippen molar-refractivity contribution in [2.75, 3.05) is 18.8 Å². The van der Waals surface area contributed by atoms with E-state index < -0.39 is 26.0 Å². The quantitative estimate of drug-likeness (QED) is 0.516. The molecule has 2 aromatic carbocycles. The van der Waals surface area contributed by atoms with Crippen molar-refractivity contribution in [3.05, 3.63) is 77.2 Å². The number of benzene rings is 2. The topological polar surface area (TPSA) is 113 Å². The largest absolute Gasteiger partial charge is 0.348 e. The Kier molecular flexibility index (Phi) is 6.80. The molecule has 11 heteroatoms. The molecular weight excluding hydrogens is 458 g/mol. The van der Waals surface area contributed by atoms with Crippen molar-refractivity contribution < 1.29 is 21.6 Å². The molecule has 0 atom stereocenters. The van der Waals surface area contributed by atoms with Crippen LogP contribution in [-0.2, 0) is 26.6 Å². The first-order valence-corrected chi connectivity index (χ1v) is 12.9. The number of nitrogens with one attached hydrogen (secondary N) is 2. The molecule has 1 heterocycles. The summed E-state index contributed by atoms with van der Waals surface area (Å²) in [6.45, 7) is 0.0227. The standard InChI is InChI=1S/C20H21N3O5S3/c1-23(2)31(27,28)18-7-4-3-6-16(18)14-21-20(24)15-9-11-17(12-10-15)22-30(25,26)19-8-5-13-29-19/h3-13,22H,14H2,1-2H3,(H,21,24). The zero-order valence-electron chi connectivity index (χ0n) is 16.8. The highest BCUT2D eigenvalue weighted by molar-refractivity contribution is 7.94. The predicted molar refractivity (Wildman–Crippen MR) is 120 cm³/mol. The van der Waals surface area contributed by atoms with Gasteiger partial charge >= 0.3 is 0 Å². The van der Waals surface area contributed by atoms with Crippen LogP contribution in [0, 0.1) is 0 Å². The Labute approximate surface area is 185 Å². The van der Waals surface area contributed by atoms with Gasteiger partial charge in [0.15, 0.2) is 0 Å². The van der Waals surface area contributed by atoms with Crippen LogP contribution in [-0.4, -0.2) is 41.1 Å². The van der Waals surface area contributed by atoms with Crippen LogP contribution in [0.15, 0.2) is 75.1 Å². The molecule has 2 N–H and O–H groups in total. The molecule has 0 fully saturated rings. The van der Waals surface area contributed by atoms with Gasteiger partial charge in [0, 0.05) is 31.9 Å². The number of carbonyl (C=O) groups is 1. The number of nitrogens with zero attached hydrogens (tertiary/aromatic N) is 1. The van der Waals surface area contributed by atoms with Gasteiger partial charge in [-0.2, -0.15) is 0 Å². The summed E-state index contributed by atoms with van der Waals surface area (Å²) in [5, 5.41) is 4.37. The van der Waals surface area contributed by atoms with E-state index in [1.165, 1.54) is 50.5 Å². The summed E-state index contributed by atoms with van der Waals surface area (Å²) in [6, 6.07) is 15.6. The van der Waals surface area contributed by atoms with Gasteiger partial charge in [-0.25, -0.2) is 21.1 Å². The Bertz CT molecular complexity index is 1270. The van der Waals surface area contributed by atoms with Crippen LogP contribution in [0.5, 0.6) is 0 Å². The summed E-state index contributed by atoms with van der Waals surface area (Å²) in [4.78, 5) is 12.6. The molecule has 0 aliphatic rings. The summed E-state index contributed by atoms with van der Waals surface area (Å²) >= 11 is 1.11. The zero-order chi connectivity index (χ0) is 22.6. The van der Waals surface area contributed by atoms with Gasteiger partial charge in [-0.15, -0.1) is 11.3 Å². The molecule has 0 aliphatic heterocycles. The molecule has 0 unspecified atom stereocenters. The maximum atomic E-state index is 12.5. The molecular formula is C20H21N3O5S3. The van der Waals surface area contributed by atoms with Crippen molar-refractivity contribution in [3.63, 3.8) is 0 Å². The van der Waals surface area contributed by atoms with Gasteiger partial charge in [-0.3, -0.25) is 9.52 Å². The van der Waals surface area contributed by atoms with Crippen LogP contribution in [0.25, 0.3) is 0 Å². The first kappa shape index (κ1) is 22.9. The lowest BCUT2D eigenvalue weighted by molar-refractivity contribution is 0.0950. The molecule has 8 nitrogen and oxygen atoms in total. The average molecular weight is 480 g/mol. The van der Waals surface area contributed by atoms with E-state index in [0.29, 0.717) is 16.8 Å². The summed E-state index contributed by atoms with van der Waals surface area (Å²) < 4.78 is 53.2. The lowest BCUT2D eigenvalue weighted by Crippen LogP contribution is -2.27. The number of carbonyl (C=O) groups excluding carboxylic acids is 1. The molecule has 0 bridgehead atoms. The van der Waals surface area contributed by atoms with E-state index in [4.69, 9.17) is 0 Å². The van der Waals surface area contributed by atoms with E-state index >= 15 is 0 Å². The normalized spacial score (nSPS) is 12.0. The maximum Gasteiger partial charge on any atom is 0.271 e. The number of hydrogen-bond donors (Lipinski definition) is 2. The Morgan fingerprint density at radius 2 is 1.61 bits per heavy atom. The highest BCUT2D eigenvalue weighted by atomic mass is 32.2. The Morgan fingerprint density at radius 3 is 2.23 bits per heavy atom. The van der Waals surface area contributed by atoms with E-state index in [1.54, 1.807) is 29.6 Å². The molecule has 0 saturated carbocycles. The zero-order valence-corrected chi connectivity index (χ0v) is 19.2. The SMILES string of the molecule is CN(C)S(=O)(=O)c1ccccc1CNC(=O)c1ccc(NS(=O)(=O)c2cccs2)cc1. The average Bonchev–Trinajstić information content (AvgIpc) is 3.28. The van der Waals surface area contributed by atoms with Crippen LogP contribution >= 0.6 is 11.3 Å². The Morgan fingerprint density at radius 1 is 0.935 bits per heavy atom. The Hall–Kier alpha value is -2.73. The van der Waals surface area contributed by atoms with Crippen molar-refractivity contribution in [2.24, 2.45) is 0 Å². The van der Waals surface area contributed by atoms with Gasteiger partial charge in [0.2, 0.25) is 10.0 Å². The van der Waals surface area contributed by atoms with Crippen molar-refractivity contribution in [1.29, 1.82) is 0 Å². The molecule has 164 valence electrons. The van der Waals surface area contributed by atoms with Crippen LogP contribution in [0.4, 0.5) is 5.69 Å². The minimum atomic E-state index is -3.67. The first-order chi connectivity index (χ1) is 14.6. The molecule has 1 amide bonds. The predicted octanol–water partition coefficient (Wildman–Crippen LogP) is 2.73. The number of amides is 1. The van der Waals surface area contributed by atoms with Gasteiger partial charge in [0.05, 0.1) is 4.90 Å². The van der Waals surface area contributed by atoms with Crippen LogP contribution in [0.2, 0.25) is 0 Å². The van der Waals surface area contributed by atoms with Gasteiger partial charge in [-0.1, -0.05) is 24.3 Å². The monoisotopic (exact) mass is 479 g/mol. The van der Waals surface area contributed by atoms with Crippen LogP contribution < -0.4 is 10.0 Å². The van der Waals surface area contributed by atoms with E-state index in [-0.39, 0.29) is 15.6 Å². The van der Waals surface area contributed by atoms with Crippen LogP contribution in [0.3, 0.4) is 0 Å². The van der Waals surface area contributed by atoms with E-state index in [2.05, 4.69) is 10.0 Å². The van der Waals surface area contributed by atoms with Crippen molar-refractivity contribution in [1.82, 2.24) is 9.62 Å². The Balaban J connectivity index is 1.69. The van der Waals surface area contributed by atoms with Crippen molar-refractivity contribution in [2.45, 2.75) is 15.6 Å². The fourth-order valence-corrected chi connectivity index (χ4v) is 5.85. The molecule has 1 aromatic heterocycles. The highest BCUT2D eigenvalue weighted by Gasteiger charge is 2.21. The number of rotatable bonds is 8. The number of anilines is 1. The molecule has 0 saturated heterocycles. The van der Waals surface area contributed by atoms with Gasteiger partial charge in [0.25, 0.3) is 15.9 Å². The summed E-state index contributed by atoms with van der Waals surface area (Å²) in [7, 11) is -4.43. The smallest absolute Gasteiger partial charge is 0.271 e. The highest BCUT2D eigenvalue weighted by Crippen LogP contribution is 2.21. The number of sulfonamides is 2. The fraction of sp³-hybridized carbons (Fsp3) is 0.150. The third-order valence-corrected chi connectivity index (χ3v) is 9.02. The molecule has 3 aromatic rings. The second-order valence-electron chi connectivity index (χ2n) is 6.69. The minimum Gasteiger partial charge on any atom is -0.348 e. The van der Waals surface area contributed by atoms with Gasteiger partial charge in [-0.05, 0) is 47.3 Å². The van der Waals surface area contributed by atoms with Crippen molar-refractivity contribution in [3.8, 4) is 0 Å². The van der Waals surface area contributed by atoms with E-state index in [9.17, 15) is 21.6 Å². The molecule has 3 rings (SSSR count). The number of thiophene rings is 1. The second-order valence-corrected chi connectivity index (χ2v) is 11.7. The van der Waals surface area contributed by atoms with Gasteiger partial charge in [0.1, 0.15) is 4.21 Å².